The summed E-state index contributed by atoms with van der Waals surface area (Å²) in [5.74, 6) is -0.666. The van der Waals surface area contributed by atoms with Crippen molar-refractivity contribution in [2.45, 2.75) is 24.9 Å². The van der Waals surface area contributed by atoms with E-state index in [0.29, 0.717) is 39.4 Å². The molecule has 1 aliphatic rings. The number of benzene rings is 2. The van der Waals surface area contributed by atoms with E-state index in [1.807, 2.05) is 18.4 Å². The Labute approximate surface area is 236 Å². The standard InChI is InChI=1S/C27H31BrFN3O4S2/c1-21-10-17-37-26(21)19-31(18-22-2-6-24(29)7-3-22)27(33)20-32(12-11-30-13-15-36-16-14-30)38(34,35)25-8-4-23(28)5-9-25/h2-10,17H,11-16,18-20H2,1H3. The van der Waals surface area contributed by atoms with Crippen molar-refractivity contribution < 1.29 is 22.3 Å². The summed E-state index contributed by atoms with van der Waals surface area (Å²) in [7, 11) is -3.94. The van der Waals surface area contributed by atoms with Gasteiger partial charge in [-0.2, -0.15) is 4.31 Å². The summed E-state index contributed by atoms with van der Waals surface area (Å²) in [6, 6.07) is 14.4. The summed E-state index contributed by atoms with van der Waals surface area (Å²) >= 11 is 4.90. The minimum Gasteiger partial charge on any atom is -0.379 e. The summed E-state index contributed by atoms with van der Waals surface area (Å²) in [5.41, 5.74) is 1.84. The van der Waals surface area contributed by atoms with E-state index >= 15 is 0 Å². The first kappa shape index (κ1) is 28.8. The molecule has 1 amide bonds. The number of halogens is 2. The fourth-order valence-electron chi connectivity index (χ4n) is 4.15. The van der Waals surface area contributed by atoms with Crippen LogP contribution in [0.5, 0.6) is 0 Å². The molecule has 0 radical (unpaired) electrons. The first-order chi connectivity index (χ1) is 18.2. The highest BCUT2D eigenvalue weighted by Gasteiger charge is 2.29. The van der Waals surface area contributed by atoms with Crippen molar-refractivity contribution in [2.24, 2.45) is 0 Å². The van der Waals surface area contributed by atoms with E-state index in [4.69, 9.17) is 4.74 Å². The zero-order valence-corrected chi connectivity index (χ0v) is 24.4. The number of carbonyl (C=O) groups is 1. The van der Waals surface area contributed by atoms with E-state index in [9.17, 15) is 17.6 Å². The van der Waals surface area contributed by atoms with Gasteiger partial charge in [0.2, 0.25) is 15.9 Å². The number of amides is 1. The van der Waals surface area contributed by atoms with Gasteiger partial charge in [0.05, 0.1) is 31.2 Å². The van der Waals surface area contributed by atoms with Crippen molar-refractivity contribution >= 4 is 43.2 Å². The normalized spacial score (nSPS) is 14.6. The maximum atomic E-state index is 13.8. The molecule has 0 spiro atoms. The van der Waals surface area contributed by atoms with Crippen LogP contribution in [0.4, 0.5) is 4.39 Å². The lowest BCUT2D eigenvalue weighted by atomic mass is 10.2. The van der Waals surface area contributed by atoms with Gasteiger partial charge in [-0.15, -0.1) is 11.3 Å². The molecule has 1 aromatic heterocycles. The predicted octanol–water partition coefficient (Wildman–Crippen LogP) is 4.51. The van der Waals surface area contributed by atoms with Crippen molar-refractivity contribution in [3.63, 3.8) is 0 Å². The fourth-order valence-corrected chi connectivity index (χ4v) is 6.72. The molecule has 11 heteroatoms. The largest absolute Gasteiger partial charge is 0.379 e. The number of rotatable bonds is 11. The molecule has 2 aromatic carbocycles. The second-order valence-corrected chi connectivity index (χ2v) is 13.0. The maximum Gasteiger partial charge on any atom is 0.243 e. The summed E-state index contributed by atoms with van der Waals surface area (Å²) in [5, 5.41) is 1.97. The molecule has 0 saturated carbocycles. The number of morpholine rings is 1. The number of carbonyl (C=O) groups excluding carboxylic acids is 1. The van der Waals surface area contributed by atoms with E-state index in [1.54, 1.807) is 40.5 Å². The zero-order chi connectivity index (χ0) is 27.1. The van der Waals surface area contributed by atoms with Gasteiger partial charge in [0.25, 0.3) is 0 Å². The van der Waals surface area contributed by atoms with Crippen LogP contribution in [0.3, 0.4) is 0 Å². The molecule has 38 heavy (non-hydrogen) atoms. The van der Waals surface area contributed by atoms with Crippen LogP contribution >= 0.6 is 27.3 Å². The molecule has 0 N–H and O–H groups in total. The van der Waals surface area contributed by atoms with E-state index in [2.05, 4.69) is 20.8 Å². The number of sulfonamides is 1. The Balaban J connectivity index is 1.58. The average Bonchev–Trinajstić information content (AvgIpc) is 3.32. The molecule has 0 unspecified atom stereocenters. The molecule has 1 saturated heterocycles. The Kier molecular flexibility index (Phi) is 10.1. The van der Waals surface area contributed by atoms with Gasteiger partial charge in [-0.05, 0) is 65.9 Å². The second kappa shape index (κ2) is 13.3. The fraction of sp³-hybridized carbons (Fsp3) is 0.370. The third-order valence-electron chi connectivity index (χ3n) is 6.47. The third-order valence-corrected chi connectivity index (χ3v) is 9.87. The molecular weight excluding hydrogens is 593 g/mol. The van der Waals surface area contributed by atoms with Crippen LogP contribution in [0, 0.1) is 12.7 Å². The van der Waals surface area contributed by atoms with E-state index in [-0.39, 0.29) is 36.3 Å². The Morgan fingerprint density at radius 3 is 2.37 bits per heavy atom. The number of aryl methyl sites for hydroxylation is 1. The number of nitrogens with zero attached hydrogens (tertiary/aromatic N) is 3. The van der Waals surface area contributed by atoms with Crippen LogP contribution in [0.25, 0.3) is 0 Å². The highest BCUT2D eigenvalue weighted by atomic mass is 79.9. The molecule has 0 aliphatic carbocycles. The number of hydrogen-bond donors (Lipinski definition) is 0. The summed E-state index contributed by atoms with van der Waals surface area (Å²) < 4.78 is 48.3. The summed E-state index contributed by atoms with van der Waals surface area (Å²) in [4.78, 5) is 18.7. The average molecular weight is 625 g/mol. The van der Waals surface area contributed by atoms with Crippen molar-refractivity contribution in [3.8, 4) is 0 Å². The van der Waals surface area contributed by atoms with Crippen molar-refractivity contribution in [1.82, 2.24) is 14.1 Å². The predicted molar refractivity (Wildman–Crippen MR) is 150 cm³/mol. The zero-order valence-electron chi connectivity index (χ0n) is 21.2. The monoisotopic (exact) mass is 623 g/mol. The Hall–Kier alpha value is -2.15. The minimum atomic E-state index is -3.94. The number of ether oxygens (including phenoxy) is 1. The van der Waals surface area contributed by atoms with Gasteiger partial charge in [0, 0.05) is 42.1 Å². The van der Waals surface area contributed by atoms with Gasteiger partial charge in [-0.1, -0.05) is 28.1 Å². The number of thiophene rings is 1. The topological polar surface area (TPSA) is 70.2 Å². The highest BCUT2D eigenvalue weighted by molar-refractivity contribution is 9.10. The van der Waals surface area contributed by atoms with E-state index in [1.165, 1.54) is 28.6 Å². The third kappa shape index (κ3) is 7.71. The lowest BCUT2D eigenvalue weighted by Crippen LogP contribution is -2.47. The summed E-state index contributed by atoms with van der Waals surface area (Å²) in [6.07, 6.45) is 0. The van der Waals surface area contributed by atoms with Crippen LogP contribution in [0.2, 0.25) is 0 Å². The van der Waals surface area contributed by atoms with Gasteiger partial charge in [0.1, 0.15) is 5.82 Å². The Bertz CT molecular complexity index is 1310. The van der Waals surface area contributed by atoms with Gasteiger partial charge >= 0.3 is 0 Å². The molecule has 204 valence electrons. The van der Waals surface area contributed by atoms with E-state index in [0.717, 1.165) is 20.5 Å². The van der Waals surface area contributed by atoms with Crippen LogP contribution < -0.4 is 0 Å². The van der Waals surface area contributed by atoms with Crippen molar-refractivity contribution in [3.05, 3.63) is 86.3 Å². The molecule has 7 nitrogen and oxygen atoms in total. The SMILES string of the molecule is Cc1ccsc1CN(Cc1ccc(F)cc1)C(=O)CN(CCN1CCOCC1)S(=O)(=O)c1ccc(Br)cc1. The van der Waals surface area contributed by atoms with Crippen molar-refractivity contribution in [2.75, 3.05) is 45.9 Å². The molecule has 0 atom stereocenters. The van der Waals surface area contributed by atoms with Crippen LogP contribution in [0.15, 0.2) is 69.3 Å². The Morgan fingerprint density at radius 2 is 1.74 bits per heavy atom. The van der Waals surface area contributed by atoms with Crippen LogP contribution in [0.1, 0.15) is 16.0 Å². The quantitative estimate of drug-likeness (QED) is 0.314. The lowest BCUT2D eigenvalue weighted by Gasteiger charge is -2.31. The van der Waals surface area contributed by atoms with E-state index < -0.39 is 10.0 Å². The second-order valence-electron chi connectivity index (χ2n) is 9.15. The molecule has 4 rings (SSSR count). The van der Waals surface area contributed by atoms with Crippen molar-refractivity contribution in [1.29, 1.82) is 0 Å². The first-order valence-corrected chi connectivity index (χ1v) is 15.4. The summed E-state index contributed by atoms with van der Waals surface area (Å²) in [6.45, 7) is 5.58. The lowest BCUT2D eigenvalue weighted by molar-refractivity contribution is -0.132. The molecule has 1 fully saturated rings. The maximum absolute atomic E-state index is 13.8. The molecule has 2 heterocycles. The first-order valence-electron chi connectivity index (χ1n) is 12.3. The smallest absolute Gasteiger partial charge is 0.243 e. The molecule has 1 aliphatic heterocycles. The van der Waals surface area contributed by atoms with Crippen LogP contribution in [-0.2, 0) is 32.6 Å². The van der Waals surface area contributed by atoms with Gasteiger partial charge in [-0.3, -0.25) is 9.69 Å². The highest BCUT2D eigenvalue weighted by Crippen LogP contribution is 2.22. The molecule has 0 bridgehead atoms. The molecule has 3 aromatic rings. The van der Waals surface area contributed by atoms with Gasteiger partial charge in [0.15, 0.2) is 0 Å². The number of hydrogen-bond acceptors (Lipinski definition) is 6. The van der Waals surface area contributed by atoms with Gasteiger partial charge < -0.3 is 9.64 Å². The van der Waals surface area contributed by atoms with Gasteiger partial charge in [-0.25, -0.2) is 12.8 Å². The molecular formula is C27H31BrFN3O4S2. The minimum absolute atomic E-state index is 0.134. The Morgan fingerprint density at radius 1 is 1.05 bits per heavy atom. The van der Waals surface area contributed by atoms with Crippen LogP contribution in [-0.4, -0.2) is 74.4 Å².